The van der Waals surface area contributed by atoms with Gasteiger partial charge in [-0.2, -0.15) is 5.10 Å². The van der Waals surface area contributed by atoms with Crippen LogP contribution in [0.1, 0.15) is 39.5 Å². The number of hydrazone groups is 1. The normalized spacial score (nSPS) is 20.5. The van der Waals surface area contributed by atoms with E-state index in [1.165, 1.54) is 16.9 Å². The van der Waals surface area contributed by atoms with Crippen molar-refractivity contribution in [1.82, 2.24) is 5.20 Å². The van der Waals surface area contributed by atoms with Crippen LogP contribution in [0.3, 0.4) is 0 Å². The maximum atomic E-state index is 4.30. The fourth-order valence-electron chi connectivity index (χ4n) is 2.74. The first kappa shape index (κ1) is 17.7. The van der Waals surface area contributed by atoms with Gasteiger partial charge in [0.25, 0.3) is 0 Å². The van der Waals surface area contributed by atoms with Crippen molar-refractivity contribution >= 4 is 15.1 Å². The first-order valence-electron chi connectivity index (χ1n) is 7.46. The van der Waals surface area contributed by atoms with Gasteiger partial charge in [-0.15, -0.1) is 0 Å². The molecule has 0 bridgehead atoms. The van der Waals surface area contributed by atoms with Gasteiger partial charge in [0.15, 0.2) is 0 Å². The summed E-state index contributed by atoms with van der Waals surface area (Å²) < 4.78 is 0. The van der Waals surface area contributed by atoms with Gasteiger partial charge >= 0.3 is 0 Å². The van der Waals surface area contributed by atoms with E-state index in [1.54, 1.807) is 0 Å². The Balaban J connectivity index is 3.05. The van der Waals surface area contributed by atoms with Gasteiger partial charge in [-0.05, 0) is 66.0 Å². The molecule has 21 heavy (non-hydrogen) atoms. The van der Waals surface area contributed by atoms with Crippen LogP contribution in [0.4, 0.5) is 0 Å². The van der Waals surface area contributed by atoms with Crippen molar-refractivity contribution in [1.29, 1.82) is 0 Å². The number of nitrogens with one attached hydrogen (secondary N) is 1. The Labute approximate surface area is 131 Å². The smallest absolute Gasteiger partial charge is 0.0381 e. The van der Waals surface area contributed by atoms with E-state index in [2.05, 4.69) is 64.9 Å². The summed E-state index contributed by atoms with van der Waals surface area (Å²) in [5, 5.41) is 7.12. The van der Waals surface area contributed by atoms with E-state index in [0.29, 0.717) is 5.92 Å². The molecule has 0 heterocycles. The van der Waals surface area contributed by atoms with E-state index in [1.807, 2.05) is 12.2 Å². The minimum Gasteiger partial charge on any atom is -0.295 e. The van der Waals surface area contributed by atoms with E-state index in [0.717, 1.165) is 31.3 Å². The van der Waals surface area contributed by atoms with Crippen molar-refractivity contribution < 1.29 is 0 Å². The molecular weight excluding hydrogens is 275 g/mol. The van der Waals surface area contributed by atoms with Crippen LogP contribution in [0.2, 0.25) is 0 Å². The molecule has 1 aliphatic carbocycles. The zero-order chi connectivity index (χ0) is 15.7. The molecule has 0 aliphatic heterocycles. The van der Waals surface area contributed by atoms with Crippen LogP contribution in [-0.4, -0.2) is 5.71 Å². The molecule has 0 aromatic rings. The molecule has 1 fully saturated rings. The molecular formula is C18H27N2P. The van der Waals surface area contributed by atoms with E-state index < -0.39 is 0 Å². The number of rotatable bonds is 6. The summed E-state index contributed by atoms with van der Waals surface area (Å²) >= 11 is 0. The maximum Gasteiger partial charge on any atom is 0.0381 e. The van der Waals surface area contributed by atoms with E-state index in [-0.39, 0.29) is 0 Å². The topological polar surface area (TPSA) is 24.4 Å². The average molecular weight is 302 g/mol. The molecule has 1 saturated carbocycles. The van der Waals surface area contributed by atoms with E-state index >= 15 is 0 Å². The molecule has 0 radical (unpaired) electrons. The van der Waals surface area contributed by atoms with Gasteiger partial charge < -0.3 is 0 Å². The summed E-state index contributed by atoms with van der Waals surface area (Å²) in [6.07, 6.45) is 14.7. The maximum absolute atomic E-state index is 4.30. The molecule has 3 heteroatoms. The lowest BCUT2D eigenvalue weighted by molar-refractivity contribution is 0.513. The monoisotopic (exact) mass is 302 g/mol. The van der Waals surface area contributed by atoms with E-state index in [4.69, 9.17) is 0 Å². The molecule has 0 aromatic carbocycles. The predicted octanol–water partition coefficient (Wildman–Crippen LogP) is 5.10. The molecule has 1 rings (SSSR count). The third-order valence-electron chi connectivity index (χ3n) is 3.74. The molecule has 1 N–H and O–H groups in total. The Bertz CT molecular complexity index is 485. The van der Waals surface area contributed by atoms with Crippen LogP contribution in [0.25, 0.3) is 0 Å². The highest BCUT2D eigenvalue weighted by Crippen LogP contribution is 2.33. The van der Waals surface area contributed by atoms with Crippen LogP contribution in [0.15, 0.2) is 65.4 Å². The van der Waals surface area contributed by atoms with Gasteiger partial charge in [0.1, 0.15) is 0 Å². The minimum absolute atomic E-state index is 0.575. The average Bonchev–Trinajstić information content (AvgIpc) is 2.47. The molecule has 1 unspecified atom stereocenters. The van der Waals surface area contributed by atoms with Crippen LogP contribution < -0.4 is 5.20 Å². The number of hydrogen-bond acceptors (Lipinski definition) is 2. The van der Waals surface area contributed by atoms with Crippen LogP contribution in [-0.2, 0) is 0 Å². The van der Waals surface area contributed by atoms with Gasteiger partial charge in [0, 0.05) is 5.71 Å². The summed E-state index contributed by atoms with van der Waals surface area (Å²) in [7, 11) is 2.43. The summed E-state index contributed by atoms with van der Waals surface area (Å²) in [4.78, 5) is 0. The second-order valence-corrected chi connectivity index (χ2v) is 5.58. The molecule has 2 nitrogen and oxygen atoms in total. The van der Waals surface area contributed by atoms with Gasteiger partial charge in [0.05, 0.1) is 0 Å². The number of allylic oxidation sites excluding steroid dienone is 8. The van der Waals surface area contributed by atoms with Gasteiger partial charge in [0.2, 0.25) is 0 Å². The summed E-state index contributed by atoms with van der Waals surface area (Å²) in [6.45, 7) is 12.0. The summed E-state index contributed by atoms with van der Waals surface area (Å²) in [6, 6.07) is 0. The second kappa shape index (κ2) is 9.52. The Kier molecular flexibility index (Phi) is 8.00. The van der Waals surface area contributed by atoms with Crippen LogP contribution >= 0.6 is 9.39 Å². The highest BCUT2D eigenvalue weighted by molar-refractivity contribution is 7.13. The third kappa shape index (κ3) is 5.47. The first-order chi connectivity index (χ1) is 10.1. The molecule has 114 valence electrons. The standard InChI is InChI=1S/C18H27N2P/c1-5-7-9-17(14(3)4)18(8-6-2)15-10-12-16(13-11-15)19-20-21/h5-9,15,20H,1,3,10-13,21H2,2,4H3/b8-6-,9-7-,18-17+,19-16?. The van der Waals surface area contributed by atoms with Crippen molar-refractivity contribution in [2.24, 2.45) is 11.0 Å². The Morgan fingerprint density at radius 3 is 2.48 bits per heavy atom. The molecule has 1 atom stereocenters. The molecule has 0 aromatic heterocycles. The fourth-order valence-corrected chi connectivity index (χ4v) is 2.92. The lowest BCUT2D eigenvalue weighted by Gasteiger charge is -2.26. The molecule has 0 spiro atoms. The summed E-state index contributed by atoms with van der Waals surface area (Å²) in [5.74, 6) is 0.575. The van der Waals surface area contributed by atoms with Gasteiger partial charge in [-0.1, -0.05) is 49.1 Å². The first-order valence-corrected chi connectivity index (χ1v) is 8.04. The largest absolute Gasteiger partial charge is 0.295 e. The lowest BCUT2D eigenvalue weighted by Crippen LogP contribution is -2.17. The molecule has 1 aliphatic rings. The Morgan fingerprint density at radius 1 is 1.33 bits per heavy atom. The SMILES string of the molecule is C=C\C=C/C(C(=C)C)=C(/C=C\C)C1CCC(=NNP)CC1. The summed E-state index contributed by atoms with van der Waals surface area (Å²) in [5.41, 5.74) is 5.00. The third-order valence-corrected chi connectivity index (χ3v) is 3.87. The highest BCUT2D eigenvalue weighted by atomic mass is 31.0. The second-order valence-electron chi connectivity index (χ2n) is 5.33. The lowest BCUT2D eigenvalue weighted by atomic mass is 9.79. The Morgan fingerprint density at radius 2 is 2.00 bits per heavy atom. The quantitative estimate of drug-likeness (QED) is 0.412. The van der Waals surface area contributed by atoms with Gasteiger partial charge in [-0.3, -0.25) is 5.20 Å². The van der Waals surface area contributed by atoms with Crippen molar-refractivity contribution in [3.05, 3.63) is 60.3 Å². The van der Waals surface area contributed by atoms with Crippen molar-refractivity contribution in [2.45, 2.75) is 39.5 Å². The van der Waals surface area contributed by atoms with Crippen LogP contribution in [0.5, 0.6) is 0 Å². The van der Waals surface area contributed by atoms with Crippen molar-refractivity contribution in [3.63, 3.8) is 0 Å². The zero-order valence-corrected chi connectivity index (χ0v) is 14.4. The number of nitrogens with zero attached hydrogens (tertiary/aromatic N) is 1. The van der Waals surface area contributed by atoms with Crippen LogP contribution in [0, 0.1) is 5.92 Å². The number of hydrogen-bond donors (Lipinski definition) is 1. The van der Waals surface area contributed by atoms with Crippen molar-refractivity contribution in [3.8, 4) is 0 Å². The minimum atomic E-state index is 0.575. The molecule has 0 saturated heterocycles. The highest BCUT2D eigenvalue weighted by Gasteiger charge is 2.21. The fraction of sp³-hybridized carbons (Fsp3) is 0.389. The Hall–Kier alpha value is -1.40. The van der Waals surface area contributed by atoms with Gasteiger partial charge in [-0.25, -0.2) is 0 Å². The van der Waals surface area contributed by atoms with Crippen molar-refractivity contribution in [2.75, 3.05) is 0 Å². The predicted molar refractivity (Wildman–Crippen MR) is 98.2 cm³/mol. The zero-order valence-electron chi connectivity index (χ0n) is 13.2. The molecule has 0 amide bonds. The van der Waals surface area contributed by atoms with E-state index in [9.17, 15) is 0 Å².